The average Bonchev–Trinajstić information content (AvgIpc) is 2.89. The van der Waals surface area contributed by atoms with Gasteiger partial charge in [-0.1, -0.05) is 37.8 Å². The van der Waals surface area contributed by atoms with Crippen molar-refractivity contribution in [3.8, 4) is 0 Å². The number of carboxylic acid groups (broad SMARTS) is 1. The highest BCUT2D eigenvalue weighted by Crippen LogP contribution is 2.77. The minimum Gasteiger partial charge on any atom is -0.481 e. The molecular formula is C15H16O2. The Balaban J connectivity index is 1.99. The zero-order chi connectivity index (χ0) is 12.3. The number of fused-ring (bicyclic) bond motifs is 3. The largest absolute Gasteiger partial charge is 0.481 e. The van der Waals surface area contributed by atoms with Gasteiger partial charge in [0.05, 0.1) is 0 Å². The van der Waals surface area contributed by atoms with Crippen LogP contribution < -0.4 is 0 Å². The van der Waals surface area contributed by atoms with Crippen molar-refractivity contribution in [3.63, 3.8) is 0 Å². The monoisotopic (exact) mass is 228 g/mol. The molecule has 88 valence electrons. The van der Waals surface area contributed by atoms with Crippen molar-refractivity contribution >= 4 is 11.5 Å². The van der Waals surface area contributed by atoms with Gasteiger partial charge in [0.2, 0.25) is 0 Å². The predicted molar refractivity (Wildman–Crippen MR) is 66.7 cm³/mol. The van der Waals surface area contributed by atoms with Crippen LogP contribution in [0.3, 0.4) is 0 Å². The molecule has 1 saturated carbocycles. The van der Waals surface area contributed by atoms with E-state index in [0.29, 0.717) is 6.42 Å². The molecule has 1 fully saturated rings. The predicted octanol–water partition coefficient (Wildman–Crippen LogP) is 3.23. The lowest BCUT2D eigenvalue weighted by Crippen LogP contribution is -2.11. The van der Waals surface area contributed by atoms with Gasteiger partial charge >= 0.3 is 5.97 Å². The normalized spacial score (nSPS) is 33.1. The summed E-state index contributed by atoms with van der Waals surface area (Å²) in [6, 6.07) is 8.36. The average molecular weight is 228 g/mol. The van der Waals surface area contributed by atoms with Gasteiger partial charge in [-0.15, -0.1) is 0 Å². The molecule has 1 aromatic rings. The van der Waals surface area contributed by atoms with Crippen LogP contribution in [0.25, 0.3) is 5.57 Å². The van der Waals surface area contributed by atoms with Crippen LogP contribution >= 0.6 is 0 Å². The van der Waals surface area contributed by atoms with Crippen molar-refractivity contribution < 1.29 is 9.90 Å². The summed E-state index contributed by atoms with van der Waals surface area (Å²) in [6.45, 7) is 6.46. The molecule has 0 heterocycles. The fourth-order valence-corrected chi connectivity index (χ4v) is 3.67. The molecule has 2 nitrogen and oxygen atoms in total. The number of carboxylic acids is 1. The molecule has 2 aliphatic rings. The Hall–Kier alpha value is -1.57. The number of allylic oxidation sites excluding steroid dienone is 1. The smallest absolute Gasteiger partial charge is 0.303 e. The van der Waals surface area contributed by atoms with E-state index in [1.54, 1.807) is 0 Å². The minimum atomic E-state index is -0.711. The lowest BCUT2D eigenvalue weighted by Gasteiger charge is -2.15. The zero-order valence-corrected chi connectivity index (χ0v) is 9.99. The molecule has 2 aliphatic carbocycles. The van der Waals surface area contributed by atoms with Crippen molar-refractivity contribution in [3.05, 3.63) is 42.0 Å². The molecule has 0 spiro atoms. The molecule has 2 atom stereocenters. The van der Waals surface area contributed by atoms with E-state index in [9.17, 15) is 4.79 Å². The van der Waals surface area contributed by atoms with Gasteiger partial charge in [-0.2, -0.15) is 0 Å². The van der Waals surface area contributed by atoms with Crippen molar-refractivity contribution in [1.29, 1.82) is 0 Å². The third kappa shape index (κ3) is 1.13. The molecule has 0 amide bonds. The Bertz CT molecular complexity index is 531. The molecule has 0 bridgehead atoms. The second kappa shape index (κ2) is 3.00. The second-order valence-corrected chi connectivity index (χ2v) is 5.51. The van der Waals surface area contributed by atoms with Crippen LogP contribution in [0.5, 0.6) is 0 Å². The van der Waals surface area contributed by atoms with E-state index in [4.69, 9.17) is 5.11 Å². The summed E-state index contributed by atoms with van der Waals surface area (Å²) in [4.78, 5) is 10.8. The lowest BCUT2D eigenvalue weighted by atomic mass is 9.88. The van der Waals surface area contributed by atoms with Gasteiger partial charge in [-0.25, -0.2) is 0 Å². The van der Waals surface area contributed by atoms with E-state index in [-0.39, 0.29) is 17.3 Å². The van der Waals surface area contributed by atoms with Gasteiger partial charge in [0, 0.05) is 17.3 Å². The third-order valence-electron chi connectivity index (χ3n) is 4.78. The number of carbonyl (C=O) groups is 1. The number of hydrogen-bond acceptors (Lipinski definition) is 1. The molecule has 0 aliphatic heterocycles. The molecule has 0 saturated heterocycles. The summed E-state index contributed by atoms with van der Waals surface area (Å²) in [6.07, 6.45) is 2.01. The molecule has 2 unspecified atom stereocenters. The van der Waals surface area contributed by atoms with Gasteiger partial charge in [0.25, 0.3) is 0 Å². The summed E-state index contributed by atoms with van der Waals surface area (Å²) in [7, 11) is 0. The van der Waals surface area contributed by atoms with Crippen LogP contribution in [-0.4, -0.2) is 11.1 Å². The van der Waals surface area contributed by atoms with E-state index in [1.807, 2.05) is 6.07 Å². The Morgan fingerprint density at radius 2 is 2.18 bits per heavy atom. The number of aliphatic carboxylic acids is 1. The maximum atomic E-state index is 10.8. The Morgan fingerprint density at radius 1 is 1.47 bits per heavy atom. The first kappa shape index (κ1) is 10.6. The summed E-state index contributed by atoms with van der Waals surface area (Å²) >= 11 is 0. The van der Waals surface area contributed by atoms with Crippen LogP contribution in [0, 0.1) is 5.41 Å². The summed E-state index contributed by atoms with van der Waals surface area (Å²) in [5, 5.41) is 8.86. The van der Waals surface area contributed by atoms with Gasteiger partial charge < -0.3 is 5.11 Å². The van der Waals surface area contributed by atoms with Gasteiger partial charge in [0.15, 0.2) is 0 Å². The van der Waals surface area contributed by atoms with Crippen LogP contribution in [0.1, 0.15) is 37.3 Å². The number of benzene rings is 1. The molecule has 0 radical (unpaired) electrons. The van der Waals surface area contributed by atoms with Crippen LogP contribution in [-0.2, 0) is 10.2 Å². The molecule has 1 aromatic carbocycles. The van der Waals surface area contributed by atoms with Crippen molar-refractivity contribution in [2.45, 2.75) is 31.6 Å². The summed E-state index contributed by atoms with van der Waals surface area (Å²) in [5.74, 6) is -0.711. The van der Waals surface area contributed by atoms with E-state index < -0.39 is 5.97 Å². The molecule has 0 aromatic heterocycles. The highest BCUT2D eigenvalue weighted by atomic mass is 16.4. The maximum absolute atomic E-state index is 10.8. The first-order chi connectivity index (χ1) is 8.01. The topological polar surface area (TPSA) is 37.3 Å². The molecule has 1 N–H and O–H groups in total. The van der Waals surface area contributed by atoms with E-state index >= 15 is 0 Å². The van der Waals surface area contributed by atoms with Gasteiger partial charge in [-0.3, -0.25) is 4.79 Å². The van der Waals surface area contributed by atoms with Crippen LogP contribution in [0.2, 0.25) is 0 Å². The summed E-state index contributed by atoms with van der Waals surface area (Å²) in [5.41, 5.74) is 3.91. The van der Waals surface area contributed by atoms with Crippen LogP contribution in [0.4, 0.5) is 0 Å². The fraction of sp³-hybridized carbons (Fsp3) is 0.400. The first-order valence-electron chi connectivity index (χ1n) is 6.02. The van der Waals surface area contributed by atoms with Gasteiger partial charge in [-0.05, 0) is 29.5 Å². The number of hydrogen-bond donors (Lipinski definition) is 1. The second-order valence-electron chi connectivity index (χ2n) is 5.51. The maximum Gasteiger partial charge on any atom is 0.303 e. The first-order valence-corrected chi connectivity index (χ1v) is 6.02. The highest BCUT2D eigenvalue weighted by molar-refractivity contribution is 5.85. The number of rotatable bonds is 3. The summed E-state index contributed by atoms with van der Waals surface area (Å²) < 4.78 is 0. The van der Waals surface area contributed by atoms with Crippen molar-refractivity contribution in [2.24, 2.45) is 5.41 Å². The van der Waals surface area contributed by atoms with E-state index in [2.05, 4.69) is 31.7 Å². The molecule has 3 rings (SSSR count). The van der Waals surface area contributed by atoms with E-state index in [1.165, 1.54) is 11.1 Å². The quantitative estimate of drug-likeness (QED) is 0.862. The van der Waals surface area contributed by atoms with Crippen LogP contribution in [0.15, 0.2) is 30.8 Å². The molecule has 2 heteroatoms. The Morgan fingerprint density at radius 3 is 2.82 bits per heavy atom. The lowest BCUT2D eigenvalue weighted by molar-refractivity contribution is -0.137. The highest BCUT2D eigenvalue weighted by Gasteiger charge is 2.70. The SMILES string of the molecule is C=C1c2ccccc2C2(C)CC12CCC(=O)O. The van der Waals surface area contributed by atoms with E-state index in [0.717, 1.165) is 12.0 Å². The molecule has 17 heavy (non-hydrogen) atoms. The third-order valence-corrected chi connectivity index (χ3v) is 4.78. The standard InChI is InChI=1S/C15H16O2/c1-10-11-5-3-4-6-12(11)14(2)9-15(10,14)8-7-13(16)17/h3-6H,1,7-9H2,2H3,(H,16,17). The molecular weight excluding hydrogens is 212 g/mol. The fourth-order valence-electron chi connectivity index (χ4n) is 3.67. The Kier molecular flexibility index (Phi) is 1.87. The van der Waals surface area contributed by atoms with Crippen molar-refractivity contribution in [2.75, 3.05) is 0 Å². The van der Waals surface area contributed by atoms with Gasteiger partial charge in [0.1, 0.15) is 0 Å². The zero-order valence-electron chi connectivity index (χ0n) is 9.99. The Labute approximate surface area is 101 Å². The van der Waals surface area contributed by atoms with Crippen molar-refractivity contribution in [1.82, 2.24) is 0 Å². The minimum absolute atomic E-state index is 0.0229.